The Labute approximate surface area is 112 Å². The molecular weight excluding hydrogens is 249 g/mol. The highest BCUT2D eigenvalue weighted by Gasteiger charge is 2.36. The molecule has 0 aromatic carbocycles. The van der Waals surface area contributed by atoms with Crippen molar-refractivity contribution in [3.63, 3.8) is 0 Å². The minimum Gasteiger partial charge on any atom is -0.388 e. The van der Waals surface area contributed by atoms with Crippen molar-refractivity contribution in [2.24, 2.45) is 5.92 Å². The number of allylic oxidation sites excluding steroid dienone is 2. The van der Waals surface area contributed by atoms with E-state index in [0.717, 1.165) is 19.3 Å². The van der Waals surface area contributed by atoms with Crippen LogP contribution in [0, 0.1) is 5.92 Å². The van der Waals surface area contributed by atoms with Crippen molar-refractivity contribution >= 4 is 0 Å². The lowest BCUT2D eigenvalue weighted by molar-refractivity contribution is -0.0629. The van der Waals surface area contributed by atoms with Crippen molar-refractivity contribution < 1.29 is 19.7 Å². The maximum Gasteiger partial charge on any atom is 0.113 e. The van der Waals surface area contributed by atoms with Gasteiger partial charge in [-0.05, 0) is 37.3 Å². The van der Waals surface area contributed by atoms with Gasteiger partial charge in [-0.15, -0.1) is 0 Å². The first kappa shape index (κ1) is 14.7. The normalized spacial score (nSPS) is 35.7. The highest BCUT2D eigenvalue weighted by atomic mass is 19.1. The molecule has 4 N–H and O–H groups in total. The van der Waals surface area contributed by atoms with Crippen LogP contribution >= 0.6 is 0 Å². The largest absolute Gasteiger partial charge is 0.388 e. The van der Waals surface area contributed by atoms with Crippen molar-refractivity contribution in [1.82, 2.24) is 5.32 Å². The molecule has 2 aliphatic carbocycles. The second-order valence-electron chi connectivity index (χ2n) is 5.38. The Morgan fingerprint density at radius 1 is 1.16 bits per heavy atom. The van der Waals surface area contributed by atoms with E-state index in [2.05, 4.69) is 17.5 Å². The molecule has 5 heteroatoms. The summed E-state index contributed by atoms with van der Waals surface area (Å²) in [6.07, 6.45) is 5.24. The Kier molecular flexibility index (Phi) is 5.10. The molecule has 0 spiro atoms. The van der Waals surface area contributed by atoms with Gasteiger partial charge in [-0.2, -0.15) is 0 Å². The number of aliphatic hydroxyl groups excluding tert-OH is 3. The van der Waals surface area contributed by atoms with Crippen LogP contribution in [0.5, 0.6) is 0 Å². The molecule has 4 nitrogen and oxygen atoms in total. The maximum absolute atomic E-state index is 12.7. The van der Waals surface area contributed by atoms with Gasteiger partial charge in [0.05, 0.1) is 6.04 Å². The van der Waals surface area contributed by atoms with Gasteiger partial charge in [-0.3, -0.25) is 0 Å². The molecule has 0 aliphatic heterocycles. The Morgan fingerprint density at radius 3 is 2.47 bits per heavy atom. The van der Waals surface area contributed by atoms with Crippen LogP contribution in [0.1, 0.15) is 19.3 Å². The third-order valence-corrected chi connectivity index (χ3v) is 4.01. The second kappa shape index (κ2) is 6.61. The molecule has 108 valence electrons. The van der Waals surface area contributed by atoms with Crippen molar-refractivity contribution in [1.29, 1.82) is 0 Å². The Hall–Kier alpha value is -0.750. The molecule has 0 aromatic heterocycles. The molecule has 2 rings (SSSR count). The van der Waals surface area contributed by atoms with E-state index >= 15 is 0 Å². The first-order valence-electron chi connectivity index (χ1n) is 6.82. The lowest BCUT2D eigenvalue weighted by atomic mass is 9.88. The zero-order valence-electron chi connectivity index (χ0n) is 10.9. The van der Waals surface area contributed by atoms with Crippen molar-refractivity contribution in [2.75, 3.05) is 13.2 Å². The van der Waals surface area contributed by atoms with Crippen LogP contribution in [0.25, 0.3) is 0 Å². The first-order chi connectivity index (χ1) is 9.13. The van der Waals surface area contributed by atoms with Crippen LogP contribution in [-0.2, 0) is 0 Å². The SMILES string of the molecule is O[C@@H]1[C@@H](O)[C@@H](O)C(CF)=C[C@H]1NCCC1CC=CC1. The van der Waals surface area contributed by atoms with Crippen LogP contribution in [0.2, 0.25) is 0 Å². The molecule has 0 amide bonds. The van der Waals surface area contributed by atoms with E-state index in [1.807, 2.05) is 0 Å². The lowest BCUT2D eigenvalue weighted by Gasteiger charge is -2.34. The summed E-state index contributed by atoms with van der Waals surface area (Å²) in [5.74, 6) is 0.633. The van der Waals surface area contributed by atoms with Gasteiger partial charge in [0.25, 0.3) is 0 Å². The number of nitrogens with one attached hydrogen (secondary N) is 1. The molecule has 4 atom stereocenters. The molecule has 0 bridgehead atoms. The van der Waals surface area contributed by atoms with Gasteiger partial charge in [0.2, 0.25) is 0 Å². The molecule has 0 saturated carbocycles. The maximum atomic E-state index is 12.7. The highest BCUT2D eigenvalue weighted by Crippen LogP contribution is 2.23. The van der Waals surface area contributed by atoms with E-state index in [-0.39, 0.29) is 5.57 Å². The summed E-state index contributed by atoms with van der Waals surface area (Å²) in [5, 5.41) is 32.2. The monoisotopic (exact) mass is 271 g/mol. The van der Waals surface area contributed by atoms with Gasteiger partial charge in [-0.25, -0.2) is 4.39 Å². The Morgan fingerprint density at radius 2 is 1.84 bits per heavy atom. The predicted octanol–water partition coefficient (Wildman–Crippen LogP) is 0.293. The van der Waals surface area contributed by atoms with Crippen molar-refractivity contribution in [2.45, 2.75) is 43.6 Å². The fourth-order valence-electron chi connectivity index (χ4n) is 2.71. The number of aliphatic hydroxyl groups is 3. The first-order valence-corrected chi connectivity index (χ1v) is 6.82. The quantitative estimate of drug-likeness (QED) is 0.543. The van der Waals surface area contributed by atoms with E-state index in [9.17, 15) is 19.7 Å². The van der Waals surface area contributed by atoms with Gasteiger partial charge < -0.3 is 20.6 Å². The molecule has 19 heavy (non-hydrogen) atoms. The van der Waals surface area contributed by atoms with E-state index < -0.39 is 31.0 Å². The van der Waals surface area contributed by atoms with E-state index in [1.54, 1.807) is 0 Å². The number of rotatable bonds is 5. The number of alkyl halides is 1. The van der Waals surface area contributed by atoms with Crippen molar-refractivity contribution in [3.8, 4) is 0 Å². The third kappa shape index (κ3) is 3.42. The molecule has 0 heterocycles. The molecule has 0 unspecified atom stereocenters. The minimum atomic E-state index is -1.33. The molecule has 0 radical (unpaired) electrons. The van der Waals surface area contributed by atoms with Gasteiger partial charge in [0, 0.05) is 0 Å². The second-order valence-corrected chi connectivity index (χ2v) is 5.38. The lowest BCUT2D eigenvalue weighted by Crippen LogP contribution is -2.54. The minimum absolute atomic E-state index is 0.137. The summed E-state index contributed by atoms with van der Waals surface area (Å²) in [5.41, 5.74) is 0.137. The molecule has 0 fully saturated rings. The Bertz CT molecular complexity index is 351. The van der Waals surface area contributed by atoms with Crippen LogP contribution in [-0.4, -0.2) is 52.9 Å². The van der Waals surface area contributed by atoms with Crippen LogP contribution in [0.3, 0.4) is 0 Å². The molecular formula is C14H22FNO3. The van der Waals surface area contributed by atoms with Crippen molar-refractivity contribution in [3.05, 3.63) is 23.8 Å². The smallest absolute Gasteiger partial charge is 0.113 e. The third-order valence-electron chi connectivity index (χ3n) is 4.01. The average molecular weight is 271 g/mol. The van der Waals surface area contributed by atoms with E-state index in [4.69, 9.17) is 0 Å². The van der Waals surface area contributed by atoms with E-state index in [1.165, 1.54) is 6.08 Å². The molecule has 0 aromatic rings. The summed E-state index contributed by atoms with van der Waals surface area (Å²) < 4.78 is 12.7. The number of hydrogen-bond acceptors (Lipinski definition) is 4. The van der Waals surface area contributed by atoms with Crippen LogP contribution in [0.15, 0.2) is 23.8 Å². The van der Waals surface area contributed by atoms with Crippen LogP contribution in [0.4, 0.5) is 4.39 Å². The topological polar surface area (TPSA) is 72.7 Å². The van der Waals surface area contributed by atoms with Gasteiger partial charge in [-0.1, -0.05) is 18.2 Å². The van der Waals surface area contributed by atoms with Crippen LogP contribution < -0.4 is 5.32 Å². The number of halogens is 1. The highest BCUT2D eigenvalue weighted by molar-refractivity contribution is 5.21. The summed E-state index contributed by atoms with van der Waals surface area (Å²) in [6.45, 7) is -0.109. The fraction of sp³-hybridized carbons (Fsp3) is 0.714. The molecule has 2 aliphatic rings. The average Bonchev–Trinajstić information content (AvgIpc) is 2.92. The van der Waals surface area contributed by atoms with Gasteiger partial charge >= 0.3 is 0 Å². The standard InChI is InChI=1S/C14H22FNO3/c15-8-10-7-11(13(18)14(19)12(10)17)16-6-5-9-3-1-2-4-9/h1-2,7,9,11-14,16-19H,3-6,8H2/t11-,12+,13+,14+/m1/s1. The van der Waals surface area contributed by atoms with Gasteiger partial charge in [0.15, 0.2) is 0 Å². The summed E-state index contributed by atoms with van der Waals surface area (Å²) in [4.78, 5) is 0. The molecule has 0 saturated heterocycles. The zero-order chi connectivity index (χ0) is 13.8. The van der Waals surface area contributed by atoms with E-state index in [0.29, 0.717) is 12.5 Å². The fourth-order valence-corrected chi connectivity index (χ4v) is 2.71. The Balaban J connectivity index is 1.85. The summed E-state index contributed by atoms with van der Waals surface area (Å²) in [7, 11) is 0. The zero-order valence-corrected chi connectivity index (χ0v) is 10.9. The number of hydrogen-bond donors (Lipinski definition) is 4. The van der Waals surface area contributed by atoms with Gasteiger partial charge in [0.1, 0.15) is 25.0 Å². The predicted molar refractivity (Wildman–Crippen MR) is 70.4 cm³/mol. The summed E-state index contributed by atoms with van der Waals surface area (Å²) >= 11 is 0. The summed E-state index contributed by atoms with van der Waals surface area (Å²) in [6, 6.07) is -0.501.